The van der Waals surface area contributed by atoms with Gasteiger partial charge >= 0.3 is 5.97 Å². The number of hydrogen-bond donors (Lipinski definition) is 1. The summed E-state index contributed by atoms with van der Waals surface area (Å²) in [5.41, 5.74) is 1.26. The zero-order valence-electron chi connectivity index (χ0n) is 11.0. The Kier molecular flexibility index (Phi) is 4.02. The van der Waals surface area contributed by atoms with Crippen molar-refractivity contribution >= 4 is 5.97 Å². The highest BCUT2D eigenvalue weighted by Gasteiger charge is 2.40. The lowest BCUT2D eigenvalue weighted by Gasteiger charge is -2.30. The molecule has 18 heavy (non-hydrogen) atoms. The summed E-state index contributed by atoms with van der Waals surface area (Å²) >= 11 is 0. The second-order valence-electron chi connectivity index (χ2n) is 5.42. The van der Waals surface area contributed by atoms with E-state index in [0.29, 0.717) is 5.92 Å². The van der Waals surface area contributed by atoms with Gasteiger partial charge < -0.3 is 5.11 Å². The first-order valence-corrected chi connectivity index (χ1v) is 6.60. The van der Waals surface area contributed by atoms with Gasteiger partial charge in [0.25, 0.3) is 0 Å². The van der Waals surface area contributed by atoms with E-state index in [4.69, 9.17) is 0 Å². The third kappa shape index (κ3) is 2.72. The molecule has 0 aliphatic carbocycles. The molecule has 0 saturated carbocycles. The predicted octanol–water partition coefficient (Wildman–Crippen LogP) is 2.62. The Morgan fingerprint density at radius 2 is 2.06 bits per heavy atom. The second kappa shape index (κ2) is 5.53. The molecule has 1 aliphatic rings. The predicted molar refractivity (Wildman–Crippen MR) is 71.2 cm³/mol. The van der Waals surface area contributed by atoms with Crippen LogP contribution in [0, 0.1) is 11.8 Å². The molecule has 98 valence electrons. The number of aliphatic carboxylic acids is 1. The highest BCUT2D eigenvalue weighted by molar-refractivity contribution is 5.71. The molecule has 0 radical (unpaired) electrons. The van der Waals surface area contributed by atoms with Gasteiger partial charge in [0, 0.05) is 12.6 Å². The fourth-order valence-corrected chi connectivity index (χ4v) is 3.04. The Morgan fingerprint density at radius 1 is 1.39 bits per heavy atom. The minimum absolute atomic E-state index is 0.155. The minimum atomic E-state index is -0.649. The van der Waals surface area contributed by atoms with Crippen molar-refractivity contribution < 1.29 is 9.90 Å². The molecule has 0 spiro atoms. The summed E-state index contributed by atoms with van der Waals surface area (Å²) < 4.78 is 0. The van der Waals surface area contributed by atoms with Gasteiger partial charge in [0.2, 0.25) is 0 Å². The van der Waals surface area contributed by atoms with E-state index in [9.17, 15) is 9.90 Å². The highest BCUT2D eigenvalue weighted by Crippen LogP contribution is 2.31. The molecule has 2 atom stereocenters. The van der Waals surface area contributed by atoms with E-state index >= 15 is 0 Å². The Balaban J connectivity index is 2.11. The number of nitrogens with zero attached hydrogens (tertiary/aromatic N) is 1. The van der Waals surface area contributed by atoms with Gasteiger partial charge in [0.1, 0.15) is 0 Å². The van der Waals surface area contributed by atoms with Crippen molar-refractivity contribution in [3.63, 3.8) is 0 Å². The van der Waals surface area contributed by atoms with Gasteiger partial charge in [-0.05, 0) is 24.4 Å². The number of hydrogen-bond acceptors (Lipinski definition) is 2. The Labute approximate surface area is 108 Å². The molecular formula is C15H21NO2. The summed E-state index contributed by atoms with van der Waals surface area (Å²) in [6.07, 6.45) is 0.769. The Bertz CT molecular complexity index is 402. The first-order chi connectivity index (χ1) is 8.59. The summed E-state index contributed by atoms with van der Waals surface area (Å²) in [4.78, 5) is 13.6. The first-order valence-electron chi connectivity index (χ1n) is 6.60. The number of carboxylic acids is 1. The van der Waals surface area contributed by atoms with Crippen LogP contribution in [0.2, 0.25) is 0 Å². The third-order valence-electron chi connectivity index (χ3n) is 3.79. The molecular weight excluding hydrogens is 226 g/mol. The minimum Gasteiger partial charge on any atom is -0.481 e. The lowest BCUT2D eigenvalue weighted by atomic mass is 9.91. The zero-order valence-corrected chi connectivity index (χ0v) is 11.0. The van der Waals surface area contributed by atoms with Crippen LogP contribution in [0.5, 0.6) is 0 Å². The van der Waals surface area contributed by atoms with E-state index in [0.717, 1.165) is 19.5 Å². The second-order valence-corrected chi connectivity index (χ2v) is 5.42. The van der Waals surface area contributed by atoms with Gasteiger partial charge in [-0.1, -0.05) is 44.2 Å². The van der Waals surface area contributed by atoms with E-state index in [1.54, 1.807) is 0 Å². The molecule has 0 aromatic heterocycles. The average molecular weight is 247 g/mol. The maximum absolute atomic E-state index is 11.3. The summed E-state index contributed by atoms with van der Waals surface area (Å²) in [7, 11) is 0. The monoisotopic (exact) mass is 247 g/mol. The van der Waals surface area contributed by atoms with Gasteiger partial charge in [-0.2, -0.15) is 0 Å². The maximum atomic E-state index is 11.3. The summed E-state index contributed by atoms with van der Waals surface area (Å²) in [5, 5.41) is 9.29. The van der Waals surface area contributed by atoms with Crippen molar-refractivity contribution in [3.8, 4) is 0 Å². The summed E-state index contributed by atoms with van der Waals surface area (Å²) in [5.74, 6) is -0.490. The quantitative estimate of drug-likeness (QED) is 0.889. The molecule has 1 saturated heterocycles. The van der Waals surface area contributed by atoms with Crippen LogP contribution in [0.15, 0.2) is 30.3 Å². The topological polar surface area (TPSA) is 40.5 Å². The van der Waals surface area contributed by atoms with Crippen LogP contribution in [-0.2, 0) is 11.3 Å². The summed E-state index contributed by atoms with van der Waals surface area (Å²) in [6.45, 7) is 5.97. The molecule has 1 aromatic carbocycles. The van der Waals surface area contributed by atoms with E-state index in [-0.39, 0.29) is 12.0 Å². The molecule has 1 aromatic rings. The lowest BCUT2D eigenvalue weighted by molar-refractivity contribution is -0.143. The van der Waals surface area contributed by atoms with Crippen LogP contribution in [0.3, 0.4) is 0 Å². The van der Waals surface area contributed by atoms with Crippen LogP contribution in [0.1, 0.15) is 25.8 Å². The molecule has 1 fully saturated rings. The van der Waals surface area contributed by atoms with E-state index in [2.05, 4.69) is 30.9 Å². The maximum Gasteiger partial charge on any atom is 0.308 e. The molecule has 1 aliphatic heterocycles. The summed E-state index contributed by atoms with van der Waals surface area (Å²) in [6, 6.07) is 10.4. The normalized spacial score (nSPS) is 24.6. The van der Waals surface area contributed by atoms with Crippen molar-refractivity contribution in [3.05, 3.63) is 35.9 Å². The van der Waals surface area contributed by atoms with Crippen LogP contribution < -0.4 is 0 Å². The molecule has 2 unspecified atom stereocenters. The molecule has 1 heterocycles. The van der Waals surface area contributed by atoms with Crippen molar-refractivity contribution in [2.45, 2.75) is 32.9 Å². The lowest BCUT2D eigenvalue weighted by Crippen LogP contribution is -2.39. The SMILES string of the molecule is CC(C)C1C(C(=O)O)CCN1Cc1ccccc1. The van der Waals surface area contributed by atoms with Crippen molar-refractivity contribution in [2.24, 2.45) is 11.8 Å². The van der Waals surface area contributed by atoms with E-state index in [1.165, 1.54) is 5.56 Å². The van der Waals surface area contributed by atoms with Gasteiger partial charge in [-0.25, -0.2) is 0 Å². The number of rotatable bonds is 4. The van der Waals surface area contributed by atoms with Gasteiger partial charge in [-0.15, -0.1) is 0 Å². The third-order valence-corrected chi connectivity index (χ3v) is 3.79. The van der Waals surface area contributed by atoms with Crippen molar-refractivity contribution in [1.82, 2.24) is 4.90 Å². The fraction of sp³-hybridized carbons (Fsp3) is 0.533. The first kappa shape index (κ1) is 13.1. The Morgan fingerprint density at radius 3 is 2.61 bits per heavy atom. The van der Waals surface area contributed by atoms with E-state index in [1.807, 2.05) is 18.2 Å². The molecule has 3 nitrogen and oxygen atoms in total. The number of likely N-dealkylation sites (tertiary alicyclic amines) is 1. The largest absolute Gasteiger partial charge is 0.481 e. The molecule has 0 amide bonds. The van der Waals surface area contributed by atoms with Crippen LogP contribution in [-0.4, -0.2) is 28.6 Å². The molecule has 0 bridgehead atoms. The zero-order chi connectivity index (χ0) is 13.1. The highest BCUT2D eigenvalue weighted by atomic mass is 16.4. The van der Waals surface area contributed by atoms with Gasteiger partial charge in [-0.3, -0.25) is 9.69 Å². The van der Waals surface area contributed by atoms with Gasteiger partial charge in [0.05, 0.1) is 5.92 Å². The van der Waals surface area contributed by atoms with E-state index < -0.39 is 5.97 Å². The van der Waals surface area contributed by atoms with Crippen LogP contribution in [0.4, 0.5) is 0 Å². The van der Waals surface area contributed by atoms with Crippen molar-refractivity contribution in [2.75, 3.05) is 6.54 Å². The number of benzene rings is 1. The van der Waals surface area contributed by atoms with Gasteiger partial charge in [0.15, 0.2) is 0 Å². The average Bonchev–Trinajstić information content (AvgIpc) is 2.74. The number of carboxylic acid groups (broad SMARTS) is 1. The molecule has 3 heteroatoms. The molecule has 2 rings (SSSR count). The smallest absolute Gasteiger partial charge is 0.308 e. The Hall–Kier alpha value is -1.35. The fourth-order valence-electron chi connectivity index (χ4n) is 3.04. The standard InChI is InChI=1S/C15H21NO2/c1-11(2)14-13(15(17)18)8-9-16(14)10-12-6-4-3-5-7-12/h3-7,11,13-14H,8-10H2,1-2H3,(H,17,18). The van der Waals surface area contributed by atoms with Crippen LogP contribution >= 0.6 is 0 Å². The van der Waals surface area contributed by atoms with Crippen LogP contribution in [0.25, 0.3) is 0 Å². The number of carbonyl (C=O) groups is 1. The molecule has 1 N–H and O–H groups in total. The van der Waals surface area contributed by atoms with Crippen molar-refractivity contribution in [1.29, 1.82) is 0 Å².